The van der Waals surface area contributed by atoms with Crippen molar-refractivity contribution in [2.24, 2.45) is 0 Å². The number of rotatable bonds is 6. The molecular weight excluding hydrogens is 385 g/mol. The lowest BCUT2D eigenvalue weighted by molar-refractivity contribution is -0.0458. The Labute approximate surface area is 163 Å². The highest BCUT2D eigenvalue weighted by Gasteiger charge is 2.64. The first kappa shape index (κ1) is 20.0. The molecule has 0 radical (unpaired) electrons. The van der Waals surface area contributed by atoms with Crippen LogP contribution in [0.1, 0.15) is 40.3 Å². The Balaban J connectivity index is 1.56. The van der Waals surface area contributed by atoms with Gasteiger partial charge in [0.05, 0.1) is 12.7 Å². The Morgan fingerprint density at radius 2 is 1.86 bits per heavy atom. The molecule has 3 N–H and O–H groups in total. The summed E-state index contributed by atoms with van der Waals surface area (Å²) < 4.78 is 24.5. The Bertz CT molecular complexity index is 861. The minimum Gasteiger partial charge on any atom is -0.394 e. The highest BCUT2D eigenvalue weighted by Crippen LogP contribution is 2.68. The average molecular weight is 413 g/mol. The summed E-state index contributed by atoms with van der Waals surface area (Å²) >= 11 is 0. The molecule has 28 heavy (non-hydrogen) atoms. The van der Waals surface area contributed by atoms with Crippen LogP contribution in [0.4, 0.5) is 5.82 Å². The Morgan fingerprint density at radius 3 is 2.29 bits per heavy atom. The van der Waals surface area contributed by atoms with Crippen LogP contribution in [0.15, 0.2) is 17.1 Å². The first-order valence-corrected chi connectivity index (χ1v) is 11.1. The molecule has 0 bridgehead atoms. The van der Waals surface area contributed by atoms with Gasteiger partial charge < -0.3 is 14.9 Å². The highest BCUT2D eigenvalue weighted by atomic mass is 31.2. The molecule has 11 heteroatoms. The van der Waals surface area contributed by atoms with Crippen molar-refractivity contribution < 1.29 is 19.5 Å². The Kier molecular flexibility index (Phi) is 4.54. The van der Waals surface area contributed by atoms with Gasteiger partial charge in [0.25, 0.3) is 0 Å². The zero-order valence-electron chi connectivity index (χ0n) is 16.6. The van der Waals surface area contributed by atoms with Gasteiger partial charge in [-0.3, -0.25) is 14.2 Å². The molecule has 1 aromatic heterocycles. The molecule has 3 aliphatic heterocycles. The summed E-state index contributed by atoms with van der Waals surface area (Å²) in [6, 6.07) is 1.59. The number of nitrogens with one attached hydrogen (secondary N) is 1. The molecule has 3 fully saturated rings. The average Bonchev–Trinajstić information content (AvgIpc) is 3.39. The van der Waals surface area contributed by atoms with Gasteiger partial charge in [-0.1, -0.05) is 0 Å². The molecule has 5 unspecified atom stereocenters. The van der Waals surface area contributed by atoms with Gasteiger partial charge in [-0.05, 0) is 33.8 Å². The SMILES string of the molecule is CC1(C)CN1P(=O)(Nc1ccn(C2CC(O)C(CO)O2)c(=O)n1)N1CC1(C)C. The maximum atomic E-state index is 13.8. The zero-order chi connectivity index (χ0) is 20.5. The van der Waals surface area contributed by atoms with E-state index in [1.807, 2.05) is 37.0 Å². The van der Waals surface area contributed by atoms with Crippen molar-refractivity contribution >= 4 is 13.4 Å². The van der Waals surface area contributed by atoms with Gasteiger partial charge in [0.15, 0.2) is 0 Å². The van der Waals surface area contributed by atoms with Crippen LogP contribution in [0.25, 0.3) is 0 Å². The standard InChI is InChI=1S/C17H28N5O5P/c1-16(2)9-21(16)28(26,22-10-17(22,3)4)19-13-5-6-20(15(25)18-13)14-7-11(24)12(8-23)27-14/h5-6,11-12,14,23-24H,7-10H2,1-4H3,(H,18,19,25,26). The van der Waals surface area contributed by atoms with Crippen LogP contribution in [0.5, 0.6) is 0 Å². The number of aliphatic hydroxyl groups is 2. The third-order valence-electron chi connectivity index (χ3n) is 5.70. The molecule has 0 amide bonds. The minimum absolute atomic E-state index is 0.163. The van der Waals surface area contributed by atoms with E-state index in [2.05, 4.69) is 10.1 Å². The van der Waals surface area contributed by atoms with Crippen molar-refractivity contribution in [3.8, 4) is 0 Å². The lowest BCUT2D eigenvalue weighted by Crippen LogP contribution is -2.29. The van der Waals surface area contributed by atoms with Crippen molar-refractivity contribution in [1.29, 1.82) is 0 Å². The summed E-state index contributed by atoms with van der Waals surface area (Å²) in [4.78, 5) is 16.6. The van der Waals surface area contributed by atoms with Crippen LogP contribution in [0, 0.1) is 0 Å². The summed E-state index contributed by atoms with van der Waals surface area (Å²) in [6.45, 7) is 9.22. The van der Waals surface area contributed by atoms with Crippen LogP contribution < -0.4 is 10.8 Å². The van der Waals surface area contributed by atoms with Gasteiger partial charge in [-0.2, -0.15) is 4.98 Å². The predicted octanol–water partition coefficient (Wildman–Crippen LogP) is 0.592. The molecule has 0 aliphatic carbocycles. The lowest BCUT2D eigenvalue weighted by atomic mass is 10.2. The van der Waals surface area contributed by atoms with Crippen LogP contribution >= 0.6 is 7.59 Å². The largest absolute Gasteiger partial charge is 0.394 e. The third kappa shape index (κ3) is 3.32. The smallest absolute Gasteiger partial charge is 0.351 e. The fraction of sp³-hybridized carbons (Fsp3) is 0.765. The number of hydrogen-bond donors (Lipinski definition) is 3. The van der Waals surface area contributed by atoms with E-state index in [-0.39, 0.29) is 29.9 Å². The van der Waals surface area contributed by atoms with Crippen LogP contribution in [0.2, 0.25) is 0 Å². The summed E-state index contributed by atoms with van der Waals surface area (Å²) in [7, 11) is -3.09. The second-order valence-corrected chi connectivity index (χ2v) is 11.3. The second kappa shape index (κ2) is 6.35. The zero-order valence-corrected chi connectivity index (χ0v) is 17.5. The van der Waals surface area contributed by atoms with Crippen LogP contribution in [-0.2, 0) is 9.30 Å². The van der Waals surface area contributed by atoms with E-state index in [9.17, 15) is 19.6 Å². The summed E-state index contributed by atoms with van der Waals surface area (Å²) in [5.41, 5.74) is -0.894. The quantitative estimate of drug-likeness (QED) is 0.455. The molecule has 0 aromatic carbocycles. The molecule has 1 aromatic rings. The molecule has 156 valence electrons. The summed E-state index contributed by atoms with van der Waals surface area (Å²) in [5.74, 6) is 0.243. The fourth-order valence-corrected chi connectivity index (χ4v) is 7.20. The molecule has 5 atom stereocenters. The van der Waals surface area contributed by atoms with Crippen LogP contribution in [-0.4, -0.2) is 72.1 Å². The van der Waals surface area contributed by atoms with Crippen LogP contribution in [0.3, 0.4) is 0 Å². The number of ether oxygens (including phenoxy) is 1. The predicted molar refractivity (Wildman–Crippen MR) is 103 cm³/mol. The molecule has 4 heterocycles. The molecular formula is C17H28N5O5P. The summed E-state index contributed by atoms with van der Waals surface area (Å²) in [5, 5.41) is 22.1. The summed E-state index contributed by atoms with van der Waals surface area (Å²) in [6.07, 6.45) is -0.535. The maximum absolute atomic E-state index is 13.8. The molecule has 0 saturated carbocycles. The molecule has 3 saturated heterocycles. The van der Waals surface area contributed by atoms with Gasteiger partial charge in [0.2, 0.25) is 0 Å². The maximum Gasteiger partial charge on any atom is 0.351 e. The number of hydrogen-bond acceptors (Lipinski definition) is 6. The van der Waals surface area contributed by atoms with Crippen molar-refractivity contribution in [1.82, 2.24) is 18.9 Å². The molecule has 4 rings (SSSR count). The normalized spacial score (nSPS) is 37.3. The van der Waals surface area contributed by atoms with E-state index in [1.165, 1.54) is 10.8 Å². The van der Waals surface area contributed by atoms with Crippen molar-refractivity contribution in [3.63, 3.8) is 0 Å². The highest BCUT2D eigenvalue weighted by molar-refractivity contribution is 7.61. The number of anilines is 1. The Hall–Kier alpha value is -1.29. The Morgan fingerprint density at radius 1 is 1.29 bits per heavy atom. The monoisotopic (exact) mass is 413 g/mol. The van der Waals surface area contributed by atoms with Gasteiger partial charge in [0.1, 0.15) is 18.1 Å². The van der Waals surface area contributed by atoms with Gasteiger partial charge in [-0.25, -0.2) is 14.1 Å². The first-order valence-electron chi connectivity index (χ1n) is 9.46. The van der Waals surface area contributed by atoms with Crippen molar-refractivity contribution in [2.75, 3.05) is 24.8 Å². The van der Waals surface area contributed by atoms with Crippen molar-refractivity contribution in [3.05, 3.63) is 22.7 Å². The van der Waals surface area contributed by atoms with E-state index in [4.69, 9.17) is 4.74 Å². The van der Waals surface area contributed by atoms with Crippen molar-refractivity contribution in [2.45, 2.75) is 63.6 Å². The molecule has 0 spiro atoms. The first-order chi connectivity index (χ1) is 13.0. The fourth-order valence-electron chi connectivity index (χ4n) is 3.73. The second-order valence-electron chi connectivity index (χ2n) is 9.01. The molecule has 3 aliphatic rings. The topological polar surface area (TPSA) is 120 Å². The third-order valence-corrected chi connectivity index (χ3v) is 8.90. The van der Waals surface area contributed by atoms with Gasteiger partial charge in [-0.15, -0.1) is 0 Å². The van der Waals surface area contributed by atoms with E-state index < -0.39 is 31.7 Å². The van der Waals surface area contributed by atoms with E-state index >= 15 is 0 Å². The van der Waals surface area contributed by atoms with E-state index in [0.717, 1.165) is 0 Å². The molecule has 10 nitrogen and oxygen atoms in total. The number of aliphatic hydroxyl groups excluding tert-OH is 2. The van der Waals surface area contributed by atoms with E-state index in [1.54, 1.807) is 6.07 Å². The number of nitrogens with zero attached hydrogens (tertiary/aromatic N) is 4. The van der Waals surface area contributed by atoms with Gasteiger partial charge in [0, 0.05) is 36.8 Å². The van der Waals surface area contributed by atoms with Gasteiger partial charge >= 0.3 is 13.3 Å². The lowest BCUT2D eigenvalue weighted by Gasteiger charge is -2.26. The van der Waals surface area contributed by atoms with E-state index in [0.29, 0.717) is 13.1 Å². The number of aromatic nitrogens is 2. The minimum atomic E-state index is -3.09.